The molecule has 0 unspecified atom stereocenters. The van der Waals surface area contributed by atoms with Crippen LogP contribution in [-0.2, 0) is 14.4 Å². The molecule has 0 aromatic heterocycles. The van der Waals surface area contributed by atoms with Gasteiger partial charge < -0.3 is 5.32 Å². The van der Waals surface area contributed by atoms with Gasteiger partial charge in [0, 0.05) is 12.2 Å². The Labute approximate surface area is 169 Å². The smallest absolute Gasteiger partial charge is 0.248 e. The van der Waals surface area contributed by atoms with Crippen LogP contribution in [0.25, 0.3) is 0 Å². The summed E-state index contributed by atoms with van der Waals surface area (Å²) in [6.45, 7) is 0.328. The second-order valence-corrected chi connectivity index (χ2v) is 7.73. The summed E-state index contributed by atoms with van der Waals surface area (Å²) in [5.41, 5.74) is 3.26. The monoisotopic (exact) mass is 406 g/mol. The summed E-state index contributed by atoms with van der Waals surface area (Å²) in [7, 11) is 0. The molecule has 3 N–H and O–H groups in total. The fourth-order valence-electron chi connectivity index (χ4n) is 4.20. The maximum Gasteiger partial charge on any atom is 0.248 e. The summed E-state index contributed by atoms with van der Waals surface area (Å²) >= 11 is 0. The first-order valence-corrected chi connectivity index (χ1v) is 10.0. The van der Waals surface area contributed by atoms with Crippen LogP contribution in [-0.4, -0.2) is 52.6 Å². The van der Waals surface area contributed by atoms with Crippen LogP contribution in [0.5, 0.6) is 0 Å². The van der Waals surface area contributed by atoms with Gasteiger partial charge in [-0.3, -0.25) is 24.6 Å². The van der Waals surface area contributed by atoms with Crippen molar-refractivity contribution >= 4 is 23.9 Å². The second kappa shape index (κ2) is 9.80. The molecule has 0 radical (unpaired) electrons. The molecule has 0 spiro atoms. The first kappa shape index (κ1) is 21.2. The van der Waals surface area contributed by atoms with Gasteiger partial charge in [-0.25, -0.2) is 14.9 Å². The second-order valence-electron chi connectivity index (χ2n) is 7.73. The fraction of sp³-hybridized carbons (Fsp3) is 0.550. The van der Waals surface area contributed by atoms with Crippen molar-refractivity contribution in [2.75, 3.05) is 18.4 Å². The summed E-state index contributed by atoms with van der Waals surface area (Å²) in [4.78, 5) is 36.7. The van der Waals surface area contributed by atoms with Crippen molar-refractivity contribution in [1.82, 2.24) is 15.5 Å². The van der Waals surface area contributed by atoms with Crippen LogP contribution in [0.4, 0.5) is 10.1 Å². The first-order valence-electron chi connectivity index (χ1n) is 10.0. The first-order chi connectivity index (χ1) is 14.0. The van der Waals surface area contributed by atoms with Crippen LogP contribution in [0.2, 0.25) is 0 Å². The lowest BCUT2D eigenvalue weighted by Crippen LogP contribution is -2.51. The molecule has 2 aliphatic rings. The van der Waals surface area contributed by atoms with Crippen molar-refractivity contribution < 1.29 is 24.0 Å². The maximum atomic E-state index is 13.4. The molecule has 2 atom stereocenters. The Morgan fingerprint density at radius 2 is 2.10 bits per heavy atom. The van der Waals surface area contributed by atoms with Crippen molar-refractivity contribution in [2.45, 2.75) is 44.6 Å². The molecule has 1 aromatic carbocycles. The Kier molecular flexibility index (Phi) is 7.16. The third-order valence-corrected chi connectivity index (χ3v) is 5.61. The minimum absolute atomic E-state index is 0.116. The number of carbonyl (C=O) groups excluding carboxylic acids is 3. The molecule has 9 heteroatoms. The van der Waals surface area contributed by atoms with E-state index in [1.54, 1.807) is 6.07 Å². The fourth-order valence-corrected chi connectivity index (χ4v) is 4.20. The molecular weight excluding hydrogens is 379 g/mol. The number of halogens is 1. The van der Waals surface area contributed by atoms with Gasteiger partial charge >= 0.3 is 0 Å². The lowest BCUT2D eigenvalue weighted by Gasteiger charge is -2.30. The third-order valence-electron chi connectivity index (χ3n) is 5.61. The Hall–Kier alpha value is -2.52. The van der Waals surface area contributed by atoms with Crippen LogP contribution in [0.15, 0.2) is 24.3 Å². The van der Waals surface area contributed by atoms with Crippen LogP contribution in [0.1, 0.15) is 38.5 Å². The lowest BCUT2D eigenvalue weighted by atomic mass is 9.92. The van der Waals surface area contributed by atoms with Gasteiger partial charge in [-0.15, -0.1) is 0 Å². The van der Waals surface area contributed by atoms with Gasteiger partial charge in [0.05, 0.1) is 12.5 Å². The van der Waals surface area contributed by atoms with E-state index < -0.39 is 23.7 Å². The van der Waals surface area contributed by atoms with E-state index in [-0.39, 0.29) is 18.9 Å². The van der Waals surface area contributed by atoms with Gasteiger partial charge in [0.1, 0.15) is 11.9 Å². The number of hydroxylamine groups is 2. The minimum Gasteiger partial charge on any atom is -0.324 e. The molecule has 1 aliphatic carbocycles. The van der Waals surface area contributed by atoms with Gasteiger partial charge in [0.2, 0.25) is 18.2 Å². The molecule has 8 nitrogen and oxygen atoms in total. The predicted octanol–water partition coefficient (Wildman–Crippen LogP) is 1.91. The van der Waals surface area contributed by atoms with E-state index in [4.69, 9.17) is 0 Å². The van der Waals surface area contributed by atoms with E-state index in [1.165, 1.54) is 23.2 Å². The summed E-state index contributed by atoms with van der Waals surface area (Å²) in [6.07, 6.45) is 5.52. The van der Waals surface area contributed by atoms with Gasteiger partial charge in [-0.1, -0.05) is 31.7 Å². The zero-order valence-electron chi connectivity index (χ0n) is 16.2. The SMILES string of the molecule is O=CN(O)C[C@@H](CC1CCCC1)C(=O)N1NCC[C@H]1C(=O)Nc1cccc(F)c1. The topological polar surface area (TPSA) is 102 Å². The van der Waals surface area contributed by atoms with E-state index in [1.807, 2.05) is 0 Å². The molecular formula is C20H27FN4O4. The molecule has 158 valence electrons. The van der Waals surface area contributed by atoms with Crippen LogP contribution < -0.4 is 10.7 Å². The molecule has 1 saturated carbocycles. The molecule has 3 rings (SSSR count). The van der Waals surface area contributed by atoms with E-state index in [0.29, 0.717) is 36.1 Å². The maximum absolute atomic E-state index is 13.4. The van der Waals surface area contributed by atoms with Gasteiger partial charge in [0.15, 0.2) is 0 Å². The average molecular weight is 406 g/mol. The molecule has 1 aliphatic heterocycles. The zero-order chi connectivity index (χ0) is 20.8. The van der Waals surface area contributed by atoms with Crippen LogP contribution >= 0.6 is 0 Å². The number of amides is 3. The molecule has 0 bridgehead atoms. The minimum atomic E-state index is -0.750. The number of benzene rings is 1. The Morgan fingerprint density at radius 3 is 2.79 bits per heavy atom. The van der Waals surface area contributed by atoms with E-state index in [0.717, 1.165) is 25.7 Å². The lowest BCUT2D eigenvalue weighted by molar-refractivity contribution is -0.159. The molecule has 29 heavy (non-hydrogen) atoms. The normalized spacial score (nSPS) is 20.5. The number of anilines is 1. The highest BCUT2D eigenvalue weighted by atomic mass is 19.1. The van der Waals surface area contributed by atoms with Crippen LogP contribution in [0, 0.1) is 17.7 Å². The largest absolute Gasteiger partial charge is 0.324 e. The van der Waals surface area contributed by atoms with Gasteiger partial charge in [-0.05, 0) is 37.0 Å². The molecule has 1 saturated heterocycles. The number of hydrazine groups is 1. The summed E-state index contributed by atoms with van der Waals surface area (Å²) in [6, 6.07) is 4.81. The number of carbonyl (C=O) groups is 3. The van der Waals surface area contributed by atoms with Gasteiger partial charge in [-0.2, -0.15) is 0 Å². The van der Waals surface area contributed by atoms with Crippen molar-refractivity contribution in [3.63, 3.8) is 0 Å². The number of hydrogen-bond donors (Lipinski definition) is 3. The molecule has 2 fully saturated rings. The highest BCUT2D eigenvalue weighted by Crippen LogP contribution is 2.31. The number of nitrogens with one attached hydrogen (secondary N) is 2. The van der Waals surface area contributed by atoms with E-state index in [9.17, 15) is 24.0 Å². The quantitative estimate of drug-likeness (QED) is 0.348. The van der Waals surface area contributed by atoms with E-state index in [2.05, 4.69) is 10.7 Å². The highest BCUT2D eigenvalue weighted by molar-refractivity contribution is 5.97. The zero-order valence-corrected chi connectivity index (χ0v) is 16.2. The predicted molar refractivity (Wildman–Crippen MR) is 103 cm³/mol. The van der Waals surface area contributed by atoms with Crippen molar-refractivity contribution in [2.24, 2.45) is 11.8 Å². The Morgan fingerprint density at radius 1 is 1.34 bits per heavy atom. The Bertz CT molecular complexity index is 741. The van der Waals surface area contributed by atoms with Crippen molar-refractivity contribution in [3.05, 3.63) is 30.1 Å². The van der Waals surface area contributed by atoms with E-state index >= 15 is 0 Å². The Balaban J connectivity index is 1.69. The summed E-state index contributed by atoms with van der Waals surface area (Å²) in [5, 5.41) is 14.1. The number of hydrogen-bond acceptors (Lipinski definition) is 5. The van der Waals surface area contributed by atoms with Crippen molar-refractivity contribution in [3.8, 4) is 0 Å². The highest BCUT2D eigenvalue weighted by Gasteiger charge is 2.39. The molecule has 1 heterocycles. The van der Waals surface area contributed by atoms with Crippen molar-refractivity contribution in [1.29, 1.82) is 0 Å². The molecule has 3 amide bonds. The van der Waals surface area contributed by atoms with Gasteiger partial charge in [0.25, 0.3) is 0 Å². The average Bonchev–Trinajstić information content (AvgIpc) is 3.38. The molecule has 1 aromatic rings. The number of nitrogens with zero attached hydrogens (tertiary/aromatic N) is 2. The number of rotatable bonds is 8. The van der Waals surface area contributed by atoms with Crippen LogP contribution in [0.3, 0.4) is 0 Å². The summed E-state index contributed by atoms with van der Waals surface area (Å²) < 4.78 is 13.4. The summed E-state index contributed by atoms with van der Waals surface area (Å²) in [5.74, 6) is -1.44. The standard InChI is InChI=1S/C20H27FN4O4/c21-16-6-3-7-17(11-16)23-19(27)18-8-9-22-25(18)20(28)15(12-24(29)13-26)10-14-4-1-2-5-14/h3,6-7,11,13-15,18,22,29H,1-2,4-5,8-10,12H2,(H,23,27)/t15-,18+/m1/s1. The third kappa shape index (κ3) is 5.51.